The van der Waals surface area contributed by atoms with Crippen molar-refractivity contribution in [1.29, 1.82) is 0 Å². The van der Waals surface area contributed by atoms with Crippen molar-refractivity contribution < 1.29 is 21.5 Å². The Kier molecular flexibility index (Phi) is 4.59. The number of benzene rings is 2. The first-order valence-corrected chi connectivity index (χ1v) is 9.00. The molecule has 7 heteroatoms. The van der Waals surface area contributed by atoms with E-state index in [9.17, 15) is 17.1 Å². The average molecular weight is 361 g/mol. The van der Waals surface area contributed by atoms with Crippen LogP contribution in [0.1, 0.15) is 16.9 Å². The number of halogens is 1. The minimum Gasteiger partial charge on any atom is -0.461 e. The van der Waals surface area contributed by atoms with Gasteiger partial charge in [0.15, 0.2) is 0 Å². The Morgan fingerprint density at radius 2 is 1.80 bits per heavy atom. The second kappa shape index (κ2) is 6.68. The van der Waals surface area contributed by atoms with E-state index in [0.717, 1.165) is 34.4 Å². The molecule has 5 nitrogen and oxygen atoms in total. The highest BCUT2D eigenvalue weighted by Crippen LogP contribution is 2.25. The summed E-state index contributed by atoms with van der Waals surface area (Å²) in [5.41, 5.74) is 2.29. The molecule has 0 saturated carbocycles. The Hall–Kier alpha value is -2.67. The van der Waals surface area contributed by atoms with E-state index in [-0.39, 0.29) is 12.3 Å². The lowest BCUT2D eigenvalue weighted by Gasteiger charge is -2.06. The van der Waals surface area contributed by atoms with Gasteiger partial charge in [-0.3, -0.25) is 4.79 Å². The summed E-state index contributed by atoms with van der Waals surface area (Å²) in [6, 6.07) is 12.7. The molecule has 1 aromatic heterocycles. The maximum Gasteiger partial charge on any atom is 0.332 e. The standard InChI is InChI=1S/C18H16FNO4S/c1-12-16(15-4-2-3-5-17(15)24-12)11-20-18(21)10-13-6-8-14(9-7-13)25(19,22)23/h2-9H,10-11H2,1H3,(H,20,21). The lowest BCUT2D eigenvalue weighted by atomic mass is 10.1. The smallest absolute Gasteiger partial charge is 0.332 e. The Labute approximate surface area is 144 Å². The van der Waals surface area contributed by atoms with Crippen molar-refractivity contribution in [3.63, 3.8) is 0 Å². The highest BCUT2D eigenvalue weighted by atomic mass is 32.3. The van der Waals surface area contributed by atoms with Gasteiger partial charge in [0.2, 0.25) is 5.91 Å². The number of furan rings is 1. The minimum absolute atomic E-state index is 0.0709. The van der Waals surface area contributed by atoms with E-state index in [2.05, 4.69) is 5.32 Å². The Bertz CT molecular complexity index is 1020. The van der Waals surface area contributed by atoms with Crippen LogP contribution in [-0.2, 0) is 28.0 Å². The molecule has 0 fully saturated rings. The molecule has 0 atom stereocenters. The molecule has 1 heterocycles. The number of hydrogen-bond donors (Lipinski definition) is 1. The molecule has 25 heavy (non-hydrogen) atoms. The predicted octanol–water partition coefficient (Wildman–Crippen LogP) is 3.26. The quantitative estimate of drug-likeness (QED) is 0.708. The van der Waals surface area contributed by atoms with Gasteiger partial charge in [-0.1, -0.05) is 30.3 Å². The average Bonchev–Trinajstić information content (AvgIpc) is 2.88. The van der Waals surface area contributed by atoms with Crippen molar-refractivity contribution >= 4 is 27.1 Å². The molecule has 3 aromatic rings. The maximum atomic E-state index is 12.8. The van der Waals surface area contributed by atoms with Crippen molar-refractivity contribution in [2.24, 2.45) is 0 Å². The lowest BCUT2D eigenvalue weighted by molar-refractivity contribution is -0.120. The molecule has 0 unspecified atom stereocenters. The molecule has 2 aromatic carbocycles. The van der Waals surface area contributed by atoms with E-state index >= 15 is 0 Å². The Morgan fingerprint density at radius 1 is 1.12 bits per heavy atom. The second-order valence-electron chi connectivity index (χ2n) is 5.67. The largest absolute Gasteiger partial charge is 0.461 e. The van der Waals surface area contributed by atoms with Crippen LogP contribution < -0.4 is 5.32 Å². The van der Waals surface area contributed by atoms with Gasteiger partial charge in [0.1, 0.15) is 11.3 Å². The number of amides is 1. The van der Waals surface area contributed by atoms with Gasteiger partial charge in [0, 0.05) is 17.5 Å². The zero-order valence-corrected chi connectivity index (χ0v) is 14.3. The summed E-state index contributed by atoms with van der Waals surface area (Å²) >= 11 is 0. The first-order chi connectivity index (χ1) is 11.8. The topological polar surface area (TPSA) is 76.4 Å². The van der Waals surface area contributed by atoms with Crippen LogP contribution in [0.25, 0.3) is 11.0 Å². The fourth-order valence-corrected chi connectivity index (χ4v) is 3.11. The molecule has 0 spiro atoms. The van der Waals surface area contributed by atoms with E-state index in [1.807, 2.05) is 31.2 Å². The van der Waals surface area contributed by atoms with Gasteiger partial charge in [-0.25, -0.2) is 0 Å². The summed E-state index contributed by atoms with van der Waals surface area (Å²) in [5, 5.41) is 3.78. The normalized spacial score (nSPS) is 11.6. The minimum atomic E-state index is -4.72. The summed E-state index contributed by atoms with van der Waals surface area (Å²) < 4.78 is 40.1. The summed E-state index contributed by atoms with van der Waals surface area (Å²) in [6.45, 7) is 2.18. The van der Waals surface area contributed by atoms with Crippen molar-refractivity contribution in [3.05, 3.63) is 65.4 Å². The zero-order chi connectivity index (χ0) is 18.0. The van der Waals surface area contributed by atoms with Crippen LogP contribution in [0.4, 0.5) is 3.89 Å². The number of carbonyl (C=O) groups excluding carboxylic acids is 1. The number of para-hydroxylation sites is 1. The van der Waals surface area contributed by atoms with E-state index in [0.29, 0.717) is 12.1 Å². The third-order valence-electron chi connectivity index (χ3n) is 3.93. The summed E-state index contributed by atoms with van der Waals surface area (Å²) in [4.78, 5) is 11.7. The van der Waals surface area contributed by atoms with Crippen LogP contribution in [-0.4, -0.2) is 14.3 Å². The van der Waals surface area contributed by atoms with Crippen molar-refractivity contribution in [1.82, 2.24) is 5.32 Å². The molecule has 130 valence electrons. The second-order valence-corrected chi connectivity index (χ2v) is 7.02. The third-order valence-corrected chi connectivity index (χ3v) is 4.77. The Morgan fingerprint density at radius 3 is 2.48 bits per heavy atom. The number of nitrogens with one attached hydrogen (secondary N) is 1. The molecular formula is C18H16FNO4S. The summed E-state index contributed by atoms with van der Waals surface area (Å²) in [7, 11) is -4.72. The lowest BCUT2D eigenvalue weighted by Crippen LogP contribution is -2.24. The molecular weight excluding hydrogens is 345 g/mol. The first-order valence-electron chi connectivity index (χ1n) is 7.62. The zero-order valence-electron chi connectivity index (χ0n) is 13.5. The monoisotopic (exact) mass is 361 g/mol. The maximum absolute atomic E-state index is 12.8. The number of fused-ring (bicyclic) bond motifs is 1. The molecule has 3 rings (SSSR count). The highest BCUT2D eigenvalue weighted by Gasteiger charge is 2.13. The molecule has 0 aliphatic rings. The van der Waals surface area contributed by atoms with Crippen LogP contribution in [0.15, 0.2) is 57.8 Å². The van der Waals surface area contributed by atoms with E-state index < -0.39 is 15.1 Å². The predicted molar refractivity (Wildman–Crippen MR) is 91.2 cm³/mol. The van der Waals surface area contributed by atoms with Crippen molar-refractivity contribution in [3.8, 4) is 0 Å². The van der Waals surface area contributed by atoms with E-state index in [1.54, 1.807) is 0 Å². The van der Waals surface area contributed by atoms with Gasteiger partial charge >= 0.3 is 10.2 Å². The van der Waals surface area contributed by atoms with Gasteiger partial charge in [0.25, 0.3) is 0 Å². The molecule has 1 amide bonds. The molecule has 0 bridgehead atoms. The summed E-state index contributed by atoms with van der Waals surface area (Å²) in [5.74, 6) is 0.527. The molecule has 0 saturated heterocycles. The van der Waals surface area contributed by atoms with Gasteiger partial charge in [-0.05, 0) is 30.7 Å². The van der Waals surface area contributed by atoms with E-state index in [4.69, 9.17) is 4.42 Å². The summed E-state index contributed by atoms with van der Waals surface area (Å²) in [6.07, 6.45) is 0.0709. The van der Waals surface area contributed by atoms with Crippen molar-refractivity contribution in [2.45, 2.75) is 24.8 Å². The van der Waals surface area contributed by atoms with Gasteiger partial charge in [0.05, 0.1) is 11.3 Å². The highest BCUT2D eigenvalue weighted by molar-refractivity contribution is 7.86. The van der Waals surface area contributed by atoms with Crippen LogP contribution >= 0.6 is 0 Å². The molecule has 0 aliphatic carbocycles. The third kappa shape index (κ3) is 3.88. The number of carbonyl (C=O) groups is 1. The molecule has 1 N–H and O–H groups in total. The van der Waals surface area contributed by atoms with Crippen LogP contribution in [0.2, 0.25) is 0 Å². The number of aryl methyl sites for hydroxylation is 1. The van der Waals surface area contributed by atoms with Gasteiger partial charge < -0.3 is 9.73 Å². The van der Waals surface area contributed by atoms with Crippen LogP contribution in [0, 0.1) is 6.92 Å². The fourth-order valence-electron chi connectivity index (χ4n) is 2.65. The van der Waals surface area contributed by atoms with Crippen molar-refractivity contribution in [2.75, 3.05) is 0 Å². The fraction of sp³-hybridized carbons (Fsp3) is 0.167. The SMILES string of the molecule is Cc1oc2ccccc2c1CNC(=O)Cc1ccc(S(=O)(=O)F)cc1. The van der Waals surface area contributed by atoms with Gasteiger partial charge in [-0.15, -0.1) is 3.89 Å². The number of hydrogen-bond acceptors (Lipinski definition) is 4. The molecule has 0 aliphatic heterocycles. The van der Waals surface area contributed by atoms with Gasteiger partial charge in [-0.2, -0.15) is 8.42 Å². The first kappa shape index (κ1) is 17.2. The van der Waals surface area contributed by atoms with Crippen LogP contribution in [0.3, 0.4) is 0 Å². The van der Waals surface area contributed by atoms with E-state index in [1.165, 1.54) is 12.1 Å². The molecule has 0 radical (unpaired) electrons. The number of rotatable bonds is 5. The Balaban J connectivity index is 1.66. The van der Waals surface area contributed by atoms with Crippen LogP contribution in [0.5, 0.6) is 0 Å².